The number of rotatable bonds is 3. The number of hydrogen-bond acceptors (Lipinski definition) is 3. The molecule has 3 rings (SSSR count). The number of nitrogens with zero attached hydrogens (tertiary/aromatic N) is 2. The lowest BCUT2D eigenvalue weighted by Crippen LogP contribution is -2.45. The van der Waals surface area contributed by atoms with Crippen LogP contribution in [0.3, 0.4) is 0 Å². The summed E-state index contributed by atoms with van der Waals surface area (Å²) in [6.45, 7) is 6.71. The highest BCUT2D eigenvalue weighted by atomic mass is 35.5. The Morgan fingerprint density at radius 2 is 2.00 bits per heavy atom. The van der Waals surface area contributed by atoms with Crippen LogP contribution in [0.2, 0.25) is 5.02 Å². The standard InChI is InChI=1S/C21H25ClN4O/c1-14-12-21(2,3)26(4)19-11-18(22)15(10-17(14)19)13-23-25-20(27)24-16-8-6-5-7-9-16/h5-11,13-14H,12H2,1-4H3,(H2,24,25,27)/b23-13+/t14-/m0/s1. The van der Waals surface area contributed by atoms with Gasteiger partial charge in [0.25, 0.3) is 0 Å². The van der Waals surface area contributed by atoms with Crippen LogP contribution in [0.4, 0.5) is 16.2 Å². The van der Waals surface area contributed by atoms with Gasteiger partial charge in [0.15, 0.2) is 0 Å². The van der Waals surface area contributed by atoms with Gasteiger partial charge in [0.1, 0.15) is 0 Å². The molecular weight excluding hydrogens is 360 g/mol. The van der Waals surface area contributed by atoms with Crippen molar-refractivity contribution in [3.63, 3.8) is 0 Å². The van der Waals surface area contributed by atoms with Gasteiger partial charge in [-0.3, -0.25) is 0 Å². The van der Waals surface area contributed by atoms with Gasteiger partial charge in [-0.05, 0) is 56.0 Å². The Morgan fingerprint density at radius 3 is 2.70 bits per heavy atom. The Labute approximate surface area is 165 Å². The summed E-state index contributed by atoms with van der Waals surface area (Å²) in [4.78, 5) is 14.2. The average Bonchev–Trinajstić information content (AvgIpc) is 2.61. The van der Waals surface area contributed by atoms with E-state index in [4.69, 9.17) is 11.6 Å². The molecule has 2 aromatic rings. The van der Waals surface area contributed by atoms with Gasteiger partial charge < -0.3 is 10.2 Å². The molecule has 0 fully saturated rings. The Morgan fingerprint density at radius 1 is 1.30 bits per heavy atom. The first-order valence-electron chi connectivity index (χ1n) is 9.00. The second-order valence-electron chi connectivity index (χ2n) is 7.60. The monoisotopic (exact) mass is 384 g/mol. The molecule has 27 heavy (non-hydrogen) atoms. The fourth-order valence-electron chi connectivity index (χ4n) is 3.54. The third kappa shape index (κ3) is 4.25. The van der Waals surface area contributed by atoms with Crippen molar-refractivity contribution in [1.29, 1.82) is 0 Å². The number of hydrazone groups is 1. The van der Waals surface area contributed by atoms with Gasteiger partial charge in [0, 0.05) is 29.5 Å². The van der Waals surface area contributed by atoms with Crippen molar-refractivity contribution in [2.24, 2.45) is 5.10 Å². The zero-order valence-corrected chi connectivity index (χ0v) is 16.8. The molecular formula is C21H25ClN4O. The van der Waals surface area contributed by atoms with Crippen LogP contribution in [0.1, 0.15) is 44.2 Å². The maximum Gasteiger partial charge on any atom is 0.339 e. The van der Waals surface area contributed by atoms with Gasteiger partial charge in [0.05, 0.1) is 11.2 Å². The fraction of sp³-hybridized carbons (Fsp3) is 0.333. The number of carbonyl (C=O) groups excluding carboxylic acids is 1. The number of urea groups is 1. The minimum absolute atomic E-state index is 0.0857. The van der Waals surface area contributed by atoms with Gasteiger partial charge in [-0.2, -0.15) is 5.10 Å². The van der Waals surface area contributed by atoms with E-state index in [9.17, 15) is 4.79 Å². The van der Waals surface area contributed by atoms with E-state index < -0.39 is 6.03 Å². The summed E-state index contributed by atoms with van der Waals surface area (Å²) < 4.78 is 0. The Bertz CT molecular complexity index is 864. The van der Waals surface area contributed by atoms with E-state index in [2.05, 4.69) is 54.6 Å². The molecule has 0 aromatic heterocycles. The zero-order valence-electron chi connectivity index (χ0n) is 16.1. The van der Waals surface area contributed by atoms with E-state index in [1.54, 1.807) is 6.21 Å². The lowest BCUT2D eigenvalue weighted by molar-refractivity contribution is 0.252. The number of halogens is 1. The third-order valence-electron chi connectivity index (χ3n) is 5.15. The molecule has 0 unspecified atom stereocenters. The predicted molar refractivity (Wildman–Crippen MR) is 113 cm³/mol. The molecule has 0 spiro atoms. The summed E-state index contributed by atoms with van der Waals surface area (Å²) in [5.41, 5.74) is 6.44. The lowest BCUT2D eigenvalue weighted by atomic mass is 9.80. The quantitative estimate of drug-likeness (QED) is 0.563. The van der Waals surface area contributed by atoms with Crippen molar-refractivity contribution in [3.05, 3.63) is 58.6 Å². The topological polar surface area (TPSA) is 56.7 Å². The highest BCUT2D eigenvalue weighted by molar-refractivity contribution is 6.33. The first-order chi connectivity index (χ1) is 12.8. The molecule has 0 saturated heterocycles. The van der Waals surface area contributed by atoms with Crippen molar-refractivity contribution in [2.75, 3.05) is 17.3 Å². The molecule has 0 radical (unpaired) electrons. The number of hydrogen-bond donors (Lipinski definition) is 2. The van der Waals surface area contributed by atoms with Crippen molar-refractivity contribution < 1.29 is 4.79 Å². The minimum Gasteiger partial charge on any atom is -0.369 e. The number of nitrogens with one attached hydrogen (secondary N) is 2. The van der Waals surface area contributed by atoms with Crippen LogP contribution in [-0.2, 0) is 0 Å². The molecule has 1 heterocycles. The molecule has 6 heteroatoms. The number of fused-ring (bicyclic) bond motifs is 1. The van der Waals surface area contributed by atoms with Crippen LogP contribution in [0.25, 0.3) is 0 Å². The Kier molecular flexibility index (Phi) is 5.42. The highest BCUT2D eigenvalue weighted by Gasteiger charge is 2.34. The molecule has 2 N–H and O–H groups in total. The van der Waals surface area contributed by atoms with Crippen LogP contribution >= 0.6 is 11.6 Å². The summed E-state index contributed by atoms with van der Waals surface area (Å²) in [5, 5.41) is 7.36. The van der Waals surface area contributed by atoms with Gasteiger partial charge in [0.2, 0.25) is 0 Å². The Balaban J connectivity index is 1.73. The molecule has 2 aromatic carbocycles. The average molecular weight is 385 g/mol. The number of anilines is 2. The maximum absolute atomic E-state index is 11.9. The summed E-state index contributed by atoms with van der Waals surface area (Å²) >= 11 is 6.47. The molecule has 2 amide bonds. The molecule has 0 bridgehead atoms. The molecule has 1 atom stereocenters. The SMILES string of the molecule is C[C@H]1CC(C)(C)N(C)c2cc(Cl)c(/C=N/NC(=O)Nc3ccccc3)cc21. The summed E-state index contributed by atoms with van der Waals surface area (Å²) in [7, 11) is 2.10. The first kappa shape index (κ1) is 19.2. The molecule has 5 nitrogen and oxygen atoms in total. The molecule has 0 aliphatic carbocycles. The van der Waals surface area contributed by atoms with Crippen molar-refractivity contribution >= 4 is 35.2 Å². The molecule has 0 saturated carbocycles. The van der Waals surface area contributed by atoms with E-state index in [0.29, 0.717) is 16.6 Å². The van der Waals surface area contributed by atoms with E-state index in [1.807, 2.05) is 36.4 Å². The lowest BCUT2D eigenvalue weighted by Gasteiger charge is -2.45. The smallest absolute Gasteiger partial charge is 0.339 e. The second kappa shape index (κ2) is 7.61. The van der Waals surface area contributed by atoms with Gasteiger partial charge >= 0.3 is 6.03 Å². The van der Waals surface area contributed by atoms with Crippen LogP contribution in [0, 0.1) is 0 Å². The van der Waals surface area contributed by atoms with Gasteiger partial charge in [-0.15, -0.1) is 0 Å². The van der Waals surface area contributed by atoms with Crippen molar-refractivity contribution in [2.45, 2.75) is 38.6 Å². The van der Waals surface area contributed by atoms with Gasteiger partial charge in [-0.25, -0.2) is 10.2 Å². The highest BCUT2D eigenvalue weighted by Crippen LogP contribution is 2.44. The maximum atomic E-state index is 11.9. The summed E-state index contributed by atoms with van der Waals surface area (Å²) in [6, 6.07) is 12.9. The van der Waals surface area contributed by atoms with E-state index in [-0.39, 0.29) is 5.54 Å². The first-order valence-corrected chi connectivity index (χ1v) is 9.38. The number of para-hydroxylation sites is 1. The van der Waals surface area contributed by atoms with Crippen molar-refractivity contribution in [1.82, 2.24) is 5.43 Å². The van der Waals surface area contributed by atoms with Crippen molar-refractivity contribution in [3.8, 4) is 0 Å². The second-order valence-corrected chi connectivity index (χ2v) is 8.01. The van der Waals surface area contributed by atoms with E-state index in [0.717, 1.165) is 17.7 Å². The van der Waals surface area contributed by atoms with Crippen LogP contribution in [-0.4, -0.2) is 24.8 Å². The fourth-order valence-corrected chi connectivity index (χ4v) is 3.75. The van der Waals surface area contributed by atoms with Gasteiger partial charge in [-0.1, -0.05) is 36.7 Å². The normalized spacial score (nSPS) is 18.3. The molecule has 1 aliphatic heterocycles. The number of carbonyl (C=O) groups is 1. The number of benzene rings is 2. The van der Waals surface area contributed by atoms with E-state index in [1.165, 1.54) is 5.56 Å². The number of amides is 2. The predicted octanol–water partition coefficient (Wildman–Crippen LogP) is 5.22. The summed E-state index contributed by atoms with van der Waals surface area (Å²) in [6.07, 6.45) is 2.64. The summed E-state index contributed by atoms with van der Waals surface area (Å²) in [5.74, 6) is 0.421. The van der Waals surface area contributed by atoms with Crippen LogP contribution < -0.4 is 15.6 Å². The largest absolute Gasteiger partial charge is 0.369 e. The third-order valence-corrected chi connectivity index (χ3v) is 5.48. The van der Waals surface area contributed by atoms with Crippen LogP contribution in [0.15, 0.2) is 47.6 Å². The molecule has 142 valence electrons. The van der Waals surface area contributed by atoms with Crippen LogP contribution in [0.5, 0.6) is 0 Å². The van der Waals surface area contributed by atoms with E-state index >= 15 is 0 Å². The zero-order chi connectivity index (χ0) is 19.6. The Hall–Kier alpha value is -2.53. The minimum atomic E-state index is -0.401. The molecule has 1 aliphatic rings.